The Morgan fingerprint density at radius 1 is 1.31 bits per heavy atom. The number of likely N-dealkylation sites (tertiary alicyclic amines) is 1. The van der Waals surface area contributed by atoms with Gasteiger partial charge in [-0.2, -0.15) is 0 Å². The fourth-order valence-corrected chi connectivity index (χ4v) is 3.15. The molecule has 86 valence electrons. The number of fused-ring (bicyclic) bond motifs is 2. The second-order valence-corrected chi connectivity index (χ2v) is 5.56. The van der Waals surface area contributed by atoms with Gasteiger partial charge in [0.05, 0.1) is 0 Å². The Kier molecular flexibility index (Phi) is 2.37. The Balaban J connectivity index is 1.96. The van der Waals surface area contributed by atoms with E-state index in [0.29, 0.717) is 5.41 Å². The van der Waals surface area contributed by atoms with Crippen LogP contribution in [0, 0.1) is 0 Å². The zero-order valence-electron chi connectivity index (χ0n) is 9.59. The predicted molar refractivity (Wildman–Crippen MR) is 68.4 cm³/mol. The first-order valence-electron chi connectivity index (χ1n) is 5.92. The monoisotopic (exact) mass is 236 g/mol. The van der Waals surface area contributed by atoms with Crippen molar-refractivity contribution in [1.82, 2.24) is 4.90 Å². The predicted octanol–water partition coefficient (Wildman–Crippen LogP) is 2.73. The third-order valence-corrected chi connectivity index (χ3v) is 4.35. The van der Waals surface area contributed by atoms with Gasteiger partial charge in [0.2, 0.25) is 0 Å². The lowest BCUT2D eigenvalue weighted by Crippen LogP contribution is -2.42. The minimum Gasteiger partial charge on any atom is -0.384 e. The molecule has 0 aliphatic carbocycles. The molecule has 0 atom stereocenters. The second kappa shape index (κ2) is 3.64. The van der Waals surface area contributed by atoms with Crippen LogP contribution in [0.1, 0.15) is 18.4 Å². The molecule has 3 rings (SSSR count). The molecule has 16 heavy (non-hydrogen) atoms. The maximum Gasteiger partial charge on any atom is 0.0426 e. The zero-order chi connectivity index (χ0) is 11.2. The highest BCUT2D eigenvalue weighted by molar-refractivity contribution is 6.30. The van der Waals surface area contributed by atoms with Gasteiger partial charge in [0, 0.05) is 22.7 Å². The summed E-state index contributed by atoms with van der Waals surface area (Å²) in [6.07, 6.45) is 2.51. The maximum absolute atomic E-state index is 6.03. The molecule has 0 unspecified atom stereocenters. The topological polar surface area (TPSA) is 15.3 Å². The van der Waals surface area contributed by atoms with E-state index in [2.05, 4.69) is 29.4 Å². The molecule has 1 aromatic carbocycles. The molecule has 0 bridgehead atoms. The van der Waals surface area contributed by atoms with Crippen LogP contribution in [0.2, 0.25) is 5.02 Å². The quantitative estimate of drug-likeness (QED) is 0.745. The second-order valence-electron chi connectivity index (χ2n) is 5.13. The largest absolute Gasteiger partial charge is 0.384 e. The van der Waals surface area contributed by atoms with Crippen molar-refractivity contribution in [3.05, 3.63) is 28.8 Å². The molecule has 2 aliphatic rings. The molecule has 1 N–H and O–H groups in total. The Morgan fingerprint density at radius 3 is 2.81 bits per heavy atom. The van der Waals surface area contributed by atoms with Crippen molar-refractivity contribution in [2.75, 3.05) is 32.0 Å². The number of benzene rings is 1. The third kappa shape index (κ3) is 1.52. The van der Waals surface area contributed by atoms with E-state index in [9.17, 15) is 0 Å². The average molecular weight is 237 g/mol. The number of hydrogen-bond donors (Lipinski definition) is 1. The van der Waals surface area contributed by atoms with Crippen molar-refractivity contribution < 1.29 is 0 Å². The molecule has 1 fully saturated rings. The molecule has 1 aromatic rings. The molecule has 0 saturated carbocycles. The van der Waals surface area contributed by atoms with Gasteiger partial charge in [0.1, 0.15) is 0 Å². The summed E-state index contributed by atoms with van der Waals surface area (Å²) < 4.78 is 0. The normalized spacial score (nSPS) is 23.1. The molecule has 0 amide bonds. The molecule has 2 aliphatic heterocycles. The van der Waals surface area contributed by atoms with Crippen LogP contribution >= 0.6 is 11.6 Å². The minimum atomic E-state index is 0.367. The van der Waals surface area contributed by atoms with E-state index in [-0.39, 0.29) is 0 Å². The summed E-state index contributed by atoms with van der Waals surface area (Å²) >= 11 is 6.03. The van der Waals surface area contributed by atoms with Gasteiger partial charge in [-0.3, -0.25) is 0 Å². The van der Waals surface area contributed by atoms with Crippen molar-refractivity contribution >= 4 is 17.3 Å². The summed E-state index contributed by atoms with van der Waals surface area (Å²) in [5.74, 6) is 0. The first-order valence-corrected chi connectivity index (χ1v) is 6.30. The van der Waals surface area contributed by atoms with Crippen LogP contribution in [0.15, 0.2) is 18.2 Å². The van der Waals surface area contributed by atoms with Crippen LogP contribution in [0.4, 0.5) is 5.69 Å². The van der Waals surface area contributed by atoms with Crippen molar-refractivity contribution in [2.24, 2.45) is 0 Å². The standard InChI is InChI=1S/C13H17ClN2/c1-16-6-4-13(5-7-16)9-15-12-8-10(14)2-3-11(12)13/h2-3,8,15H,4-7,9H2,1H3. The van der Waals surface area contributed by atoms with Gasteiger partial charge in [-0.25, -0.2) is 0 Å². The van der Waals surface area contributed by atoms with Gasteiger partial charge in [0.25, 0.3) is 0 Å². The third-order valence-electron chi connectivity index (χ3n) is 4.11. The van der Waals surface area contributed by atoms with Gasteiger partial charge in [-0.1, -0.05) is 17.7 Å². The van der Waals surface area contributed by atoms with Crippen molar-refractivity contribution in [2.45, 2.75) is 18.3 Å². The molecule has 0 radical (unpaired) electrons. The minimum absolute atomic E-state index is 0.367. The van der Waals surface area contributed by atoms with E-state index < -0.39 is 0 Å². The highest BCUT2D eigenvalue weighted by Crippen LogP contribution is 2.44. The molecule has 2 heterocycles. The molecule has 1 spiro atoms. The van der Waals surface area contributed by atoms with Gasteiger partial charge < -0.3 is 10.2 Å². The SMILES string of the molecule is CN1CCC2(CC1)CNc1cc(Cl)ccc12. The van der Waals surface area contributed by atoms with Gasteiger partial charge in [-0.05, 0) is 50.7 Å². The van der Waals surface area contributed by atoms with Crippen LogP contribution in [0.5, 0.6) is 0 Å². The van der Waals surface area contributed by atoms with Crippen molar-refractivity contribution in [3.8, 4) is 0 Å². The van der Waals surface area contributed by atoms with E-state index in [1.165, 1.54) is 37.2 Å². The van der Waals surface area contributed by atoms with Crippen LogP contribution in [0.3, 0.4) is 0 Å². The maximum atomic E-state index is 6.03. The van der Waals surface area contributed by atoms with Gasteiger partial charge in [0.15, 0.2) is 0 Å². The lowest BCUT2D eigenvalue weighted by molar-refractivity contribution is 0.200. The number of halogens is 1. The molecular formula is C13H17ClN2. The molecule has 0 aromatic heterocycles. The van der Waals surface area contributed by atoms with Crippen LogP contribution in [-0.4, -0.2) is 31.6 Å². The number of hydrogen-bond acceptors (Lipinski definition) is 2. The highest BCUT2D eigenvalue weighted by Gasteiger charge is 2.40. The summed E-state index contributed by atoms with van der Waals surface area (Å²) in [5, 5.41) is 4.34. The summed E-state index contributed by atoms with van der Waals surface area (Å²) in [4.78, 5) is 2.42. The summed E-state index contributed by atoms with van der Waals surface area (Å²) in [7, 11) is 2.21. The number of anilines is 1. The number of piperidine rings is 1. The number of nitrogens with one attached hydrogen (secondary N) is 1. The Labute approximate surface area is 102 Å². The Hall–Kier alpha value is -0.730. The van der Waals surface area contributed by atoms with Crippen LogP contribution in [0.25, 0.3) is 0 Å². The van der Waals surface area contributed by atoms with Crippen LogP contribution < -0.4 is 5.32 Å². The number of nitrogens with zero attached hydrogens (tertiary/aromatic N) is 1. The lowest BCUT2D eigenvalue weighted by Gasteiger charge is -2.37. The first kappa shape index (κ1) is 10.4. The summed E-state index contributed by atoms with van der Waals surface area (Å²) in [5.41, 5.74) is 3.09. The molecule has 1 saturated heterocycles. The van der Waals surface area contributed by atoms with Crippen LogP contribution in [-0.2, 0) is 5.41 Å². The highest BCUT2D eigenvalue weighted by atomic mass is 35.5. The van der Waals surface area contributed by atoms with Gasteiger partial charge >= 0.3 is 0 Å². The van der Waals surface area contributed by atoms with E-state index >= 15 is 0 Å². The molecular weight excluding hydrogens is 220 g/mol. The van der Waals surface area contributed by atoms with Gasteiger partial charge in [-0.15, -0.1) is 0 Å². The summed E-state index contributed by atoms with van der Waals surface area (Å²) in [6.45, 7) is 3.48. The fourth-order valence-electron chi connectivity index (χ4n) is 2.98. The van der Waals surface area contributed by atoms with E-state index in [1.54, 1.807) is 0 Å². The summed E-state index contributed by atoms with van der Waals surface area (Å²) in [6, 6.07) is 6.29. The molecule has 3 heteroatoms. The fraction of sp³-hybridized carbons (Fsp3) is 0.538. The molecule has 2 nitrogen and oxygen atoms in total. The number of rotatable bonds is 0. The Bertz CT molecular complexity index is 408. The van der Waals surface area contributed by atoms with Crippen molar-refractivity contribution in [1.29, 1.82) is 0 Å². The lowest BCUT2D eigenvalue weighted by atomic mass is 9.74. The van der Waals surface area contributed by atoms with E-state index in [1.807, 2.05) is 6.07 Å². The smallest absolute Gasteiger partial charge is 0.0426 e. The first-order chi connectivity index (χ1) is 7.70. The van der Waals surface area contributed by atoms with E-state index in [4.69, 9.17) is 11.6 Å². The Morgan fingerprint density at radius 2 is 2.06 bits per heavy atom. The van der Waals surface area contributed by atoms with Crippen molar-refractivity contribution in [3.63, 3.8) is 0 Å². The van der Waals surface area contributed by atoms with E-state index in [0.717, 1.165) is 11.6 Å². The zero-order valence-corrected chi connectivity index (χ0v) is 10.3. The average Bonchev–Trinajstić information content (AvgIpc) is 2.62.